The van der Waals surface area contributed by atoms with Crippen LogP contribution in [0.5, 0.6) is 0 Å². The van der Waals surface area contributed by atoms with Gasteiger partial charge in [0.2, 0.25) is 0 Å². The van der Waals surface area contributed by atoms with Crippen LogP contribution in [0.3, 0.4) is 0 Å². The number of nitrogens with zero attached hydrogens (tertiary/aromatic N) is 1. The summed E-state index contributed by atoms with van der Waals surface area (Å²) >= 11 is 1.61. The smallest absolute Gasteiger partial charge is 0.0581 e. The summed E-state index contributed by atoms with van der Waals surface area (Å²) in [5.74, 6) is 0.559. The second-order valence-electron chi connectivity index (χ2n) is 5.02. The van der Waals surface area contributed by atoms with E-state index in [1.807, 2.05) is 6.20 Å². The largest absolute Gasteiger partial charge is 0.200 e. The van der Waals surface area contributed by atoms with Crippen molar-refractivity contribution in [1.29, 1.82) is 0 Å². The zero-order valence-corrected chi connectivity index (χ0v) is 10.6. The van der Waals surface area contributed by atoms with Gasteiger partial charge in [0, 0.05) is 17.2 Å². The number of fused-ring (bicyclic) bond motifs is 1. The van der Waals surface area contributed by atoms with Gasteiger partial charge in [0.05, 0.1) is 4.88 Å². The molecule has 80 valence electrons. The molecule has 0 aromatic carbocycles. The van der Waals surface area contributed by atoms with E-state index in [9.17, 15) is 0 Å². The molecule has 1 aliphatic carbocycles. The Balaban J connectivity index is 2.58. The van der Waals surface area contributed by atoms with Gasteiger partial charge in [0.15, 0.2) is 0 Å². The molecule has 0 amide bonds. The first-order chi connectivity index (χ1) is 6.99. The number of rotatable bonds is 1. The van der Waals surface area contributed by atoms with Crippen LogP contribution < -0.4 is 0 Å². The summed E-state index contributed by atoms with van der Waals surface area (Å²) in [4.78, 5) is 1.34. The molecule has 1 aromatic heterocycles. The highest BCUT2D eigenvalue weighted by Crippen LogP contribution is 2.37. The highest BCUT2D eigenvalue weighted by molar-refractivity contribution is 7.07. The molecular formula is C13H17NS. The molecule has 1 aromatic rings. The maximum absolute atomic E-state index is 4.28. The molecule has 0 saturated heterocycles. The predicted molar refractivity (Wildman–Crippen MR) is 67.7 cm³/mol. The fourth-order valence-corrected chi connectivity index (χ4v) is 2.73. The Bertz CT molecular complexity index is 421. The van der Waals surface area contributed by atoms with Crippen LogP contribution in [-0.4, -0.2) is 4.37 Å². The number of hydrogen-bond acceptors (Lipinski definition) is 2. The van der Waals surface area contributed by atoms with Crippen LogP contribution in [0.2, 0.25) is 0 Å². The Labute approximate surface area is 95.7 Å². The van der Waals surface area contributed by atoms with Crippen LogP contribution in [0.25, 0.3) is 11.6 Å². The van der Waals surface area contributed by atoms with E-state index in [1.54, 1.807) is 11.5 Å². The third-order valence-electron chi connectivity index (χ3n) is 2.70. The second-order valence-corrected chi connectivity index (χ2v) is 5.82. The molecule has 1 heterocycles. The molecule has 0 bridgehead atoms. The minimum absolute atomic E-state index is 0.151. The lowest BCUT2D eigenvalue weighted by Crippen LogP contribution is -2.04. The summed E-state index contributed by atoms with van der Waals surface area (Å²) in [6.45, 7) is 8.99. The van der Waals surface area contributed by atoms with Crippen molar-refractivity contribution in [1.82, 2.24) is 4.37 Å². The van der Waals surface area contributed by atoms with Crippen molar-refractivity contribution in [2.75, 3.05) is 0 Å². The van der Waals surface area contributed by atoms with Crippen molar-refractivity contribution in [2.24, 2.45) is 11.3 Å². The van der Waals surface area contributed by atoms with Crippen molar-refractivity contribution in [2.45, 2.75) is 27.7 Å². The zero-order chi connectivity index (χ0) is 11.1. The highest BCUT2D eigenvalue weighted by atomic mass is 32.1. The van der Waals surface area contributed by atoms with Gasteiger partial charge in [-0.1, -0.05) is 45.9 Å². The summed E-state index contributed by atoms with van der Waals surface area (Å²) in [6, 6.07) is 0. The molecule has 15 heavy (non-hydrogen) atoms. The van der Waals surface area contributed by atoms with Crippen LogP contribution in [-0.2, 0) is 0 Å². The third-order valence-corrected chi connectivity index (χ3v) is 3.57. The minimum Gasteiger partial charge on any atom is -0.200 e. The van der Waals surface area contributed by atoms with Crippen LogP contribution in [0.4, 0.5) is 0 Å². The molecule has 0 atom stereocenters. The first kappa shape index (κ1) is 10.6. The van der Waals surface area contributed by atoms with Crippen LogP contribution in [0.1, 0.15) is 38.1 Å². The van der Waals surface area contributed by atoms with Crippen molar-refractivity contribution in [3.05, 3.63) is 28.8 Å². The minimum atomic E-state index is 0.151. The van der Waals surface area contributed by atoms with E-state index in [0.717, 1.165) is 0 Å². The summed E-state index contributed by atoms with van der Waals surface area (Å²) in [5, 5.41) is 0. The van der Waals surface area contributed by atoms with E-state index in [-0.39, 0.29) is 5.41 Å². The third kappa shape index (κ3) is 2.05. The molecule has 0 spiro atoms. The average molecular weight is 219 g/mol. The van der Waals surface area contributed by atoms with Crippen molar-refractivity contribution in [3.8, 4) is 0 Å². The van der Waals surface area contributed by atoms with Crippen LogP contribution in [0.15, 0.2) is 18.3 Å². The predicted octanol–water partition coefficient (Wildman–Crippen LogP) is 4.24. The fraction of sp³-hybridized carbons (Fsp3) is 0.462. The van der Waals surface area contributed by atoms with Crippen molar-refractivity contribution in [3.63, 3.8) is 0 Å². The first-order valence-corrected chi connectivity index (χ1v) is 6.14. The van der Waals surface area contributed by atoms with Gasteiger partial charge in [0.1, 0.15) is 0 Å². The van der Waals surface area contributed by atoms with Gasteiger partial charge < -0.3 is 0 Å². The van der Waals surface area contributed by atoms with E-state index in [1.165, 1.54) is 16.0 Å². The quantitative estimate of drug-likeness (QED) is 0.688. The number of allylic oxidation sites excluding steroid dienone is 3. The molecule has 2 rings (SSSR count). The van der Waals surface area contributed by atoms with Crippen LogP contribution in [0, 0.1) is 11.3 Å². The van der Waals surface area contributed by atoms with Gasteiger partial charge in [-0.15, -0.1) is 0 Å². The molecule has 1 aliphatic rings. The Hall–Kier alpha value is -0.890. The van der Waals surface area contributed by atoms with Crippen LogP contribution >= 0.6 is 11.5 Å². The standard InChI is InChI=1S/C13H17NS/c1-9(2)11-7-13(3,4)6-5-10-8-14-15-12(10)11/h5-9H,1-4H3. The lowest BCUT2D eigenvalue weighted by atomic mass is 9.88. The fourth-order valence-electron chi connectivity index (χ4n) is 1.83. The number of aromatic nitrogens is 1. The van der Waals surface area contributed by atoms with E-state index in [2.05, 4.69) is 50.3 Å². The Kier molecular flexibility index (Phi) is 2.55. The van der Waals surface area contributed by atoms with Crippen molar-refractivity contribution < 1.29 is 0 Å². The second kappa shape index (κ2) is 3.60. The zero-order valence-electron chi connectivity index (χ0n) is 9.74. The molecule has 1 nitrogen and oxygen atoms in total. The summed E-state index contributed by atoms with van der Waals surface area (Å²) in [6.07, 6.45) is 8.80. The molecule has 0 N–H and O–H groups in total. The molecule has 0 unspecified atom stereocenters. The molecule has 0 saturated carbocycles. The monoisotopic (exact) mass is 219 g/mol. The topological polar surface area (TPSA) is 12.9 Å². The highest BCUT2D eigenvalue weighted by Gasteiger charge is 2.21. The maximum Gasteiger partial charge on any atom is 0.0581 e. The van der Waals surface area contributed by atoms with E-state index >= 15 is 0 Å². The number of hydrogen-bond donors (Lipinski definition) is 0. The Morgan fingerprint density at radius 2 is 2.07 bits per heavy atom. The summed E-state index contributed by atoms with van der Waals surface area (Å²) in [7, 11) is 0. The lowest BCUT2D eigenvalue weighted by molar-refractivity contribution is 0.626. The van der Waals surface area contributed by atoms with Gasteiger partial charge in [-0.25, -0.2) is 0 Å². The first-order valence-electron chi connectivity index (χ1n) is 5.36. The van der Waals surface area contributed by atoms with Gasteiger partial charge >= 0.3 is 0 Å². The molecular weight excluding hydrogens is 202 g/mol. The Morgan fingerprint density at radius 3 is 2.73 bits per heavy atom. The average Bonchev–Trinajstić information content (AvgIpc) is 2.54. The van der Waals surface area contributed by atoms with Gasteiger partial charge in [-0.3, -0.25) is 0 Å². The SMILES string of the molecule is CC(C)C1=CC(C)(C)C=Cc2cnsc21. The van der Waals surface area contributed by atoms with E-state index < -0.39 is 0 Å². The van der Waals surface area contributed by atoms with E-state index in [0.29, 0.717) is 5.92 Å². The van der Waals surface area contributed by atoms with Crippen molar-refractivity contribution >= 4 is 23.2 Å². The summed E-state index contributed by atoms with van der Waals surface area (Å²) in [5.41, 5.74) is 2.85. The van der Waals surface area contributed by atoms with Gasteiger partial charge in [-0.05, 0) is 23.0 Å². The maximum atomic E-state index is 4.28. The molecule has 0 radical (unpaired) electrons. The van der Waals surface area contributed by atoms with Gasteiger partial charge in [0.25, 0.3) is 0 Å². The normalized spacial score (nSPS) is 18.6. The Morgan fingerprint density at radius 1 is 1.33 bits per heavy atom. The van der Waals surface area contributed by atoms with Gasteiger partial charge in [-0.2, -0.15) is 4.37 Å². The van der Waals surface area contributed by atoms with E-state index in [4.69, 9.17) is 0 Å². The molecule has 2 heteroatoms. The molecule has 0 aliphatic heterocycles. The lowest BCUT2D eigenvalue weighted by Gasteiger charge is -2.17. The summed E-state index contributed by atoms with van der Waals surface area (Å²) < 4.78 is 4.28. The molecule has 0 fully saturated rings.